The van der Waals surface area contributed by atoms with E-state index in [2.05, 4.69) is 20.0 Å². The van der Waals surface area contributed by atoms with Crippen LogP contribution in [0.1, 0.15) is 12.5 Å². The molecule has 2 aromatic carbocycles. The lowest BCUT2D eigenvalue weighted by molar-refractivity contribution is -0.114. The maximum absolute atomic E-state index is 12.8. The van der Waals surface area contributed by atoms with E-state index in [0.717, 1.165) is 21.3 Å². The van der Waals surface area contributed by atoms with Crippen LogP contribution < -0.4 is 10.0 Å². The lowest BCUT2D eigenvalue weighted by atomic mass is 10.1. The van der Waals surface area contributed by atoms with Gasteiger partial charge in [-0.05, 0) is 42.3 Å². The second-order valence-corrected chi connectivity index (χ2v) is 9.40. The van der Waals surface area contributed by atoms with E-state index < -0.39 is 10.0 Å². The summed E-state index contributed by atoms with van der Waals surface area (Å²) in [5.74, 6) is -0.174. The molecule has 0 radical (unpaired) electrons. The SMILES string of the molecule is CC(=O)Nc1nc2ccc(-c3cncc(NS(=O)(=O)c4ccccc4C)c3)cc2s1. The zero-order valence-electron chi connectivity index (χ0n) is 16.2. The van der Waals surface area contributed by atoms with Gasteiger partial charge in [0, 0.05) is 18.7 Å². The van der Waals surface area contributed by atoms with Gasteiger partial charge in [0.25, 0.3) is 10.0 Å². The molecule has 0 bridgehead atoms. The summed E-state index contributed by atoms with van der Waals surface area (Å²) in [4.78, 5) is 20.0. The minimum Gasteiger partial charge on any atom is -0.302 e. The third kappa shape index (κ3) is 4.17. The quantitative estimate of drug-likeness (QED) is 0.480. The second-order valence-electron chi connectivity index (χ2n) is 6.72. The summed E-state index contributed by atoms with van der Waals surface area (Å²) >= 11 is 1.37. The Labute approximate surface area is 177 Å². The van der Waals surface area contributed by atoms with E-state index in [-0.39, 0.29) is 10.8 Å². The van der Waals surface area contributed by atoms with Crippen LogP contribution >= 0.6 is 11.3 Å². The van der Waals surface area contributed by atoms with Gasteiger partial charge < -0.3 is 5.32 Å². The van der Waals surface area contributed by atoms with Crippen molar-refractivity contribution in [1.29, 1.82) is 0 Å². The predicted molar refractivity (Wildman–Crippen MR) is 119 cm³/mol. The number of rotatable bonds is 5. The van der Waals surface area contributed by atoms with Crippen molar-refractivity contribution in [3.63, 3.8) is 0 Å². The lowest BCUT2D eigenvalue weighted by Gasteiger charge is -2.11. The molecule has 0 aliphatic heterocycles. The maximum atomic E-state index is 12.8. The number of anilines is 2. The Kier molecular flexibility index (Phi) is 5.23. The molecule has 7 nitrogen and oxygen atoms in total. The van der Waals surface area contributed by atoms with E-state index in [1.807, 2.05) is 18.2 Å². The van der Waals surface area contributed by atoms with E-state index in [9.17, 15) is 13.2 Å². The first-order chi connectivity index (χ1) is 14.3. The molecule has 1 amide bonds. The summed E-state index contributed by atoms with van der Waals surface area (Å²) in [6, 6.07) is 14.2. The van der Waals surface area contributed by atoms with Crippen LogP contribution in [0.3, 0.4) is 0 Å². The Morgan fingerprint density at radius 3 is 2.60 bits per heavy atom. The van der Waals surface area contributed by atoms with Gasteiger partial charge in [-0.15, -0.1) is 0 Å². The van der Waals surface area contributed by atoms with Crippen LogP contribution in [0.2, 0.25) is 0 Å². The number of hydrogen-bond donors (Lipinski definition) is 2. The first-order valence-electron chi connectivity index (χ1n) is 9.04. The third-order valence-corrected chi connectivity index (χ3v) is 6.85. The number of nitrogens with zero attached hydrogens (tertiary/aromatic N) is 2. The molecule has 0 unspecified atom stereocenters. The van der Waals surface area contributed by atoms with Gasteiger partial charge >= 0.3 is 0 Å². The number of benzene rings is 2. The smallest absolute Gasteiger partial charge is 0.262 e. The topological polar surface area (TPSA) is 101 Å². The van der Waals surface area contributed by atoms with Gasteiger partial charge in [0.15, 0.2) is 5.13 Å². The second kappa shape index (κ2) is 7.85. The van der Waals surface area contributed by atoms with Crippen molar-refractivity contribution in [2.45, 2.75) is 18.7 Å². The van der Waals surface area contributed by atoms with Crippen molar-refractivity contribution in [3.05, 3.63) is 66.5 Å². The van der Waals surface area contributed by atoms with Crippen molar-refractivity contribution in [3.8, 4) is 11.1 Å². The molecule has 2 aromatic heterocycles. The number of hydrogen-bond acceptors (Lipinski definition) is 6. The Bertz CT molecular complexity index is 1360. The number of sulfonamides is 1. The van der Waals surface area contributed by atoms with Crippen LogP contribution in [0.5, 0.6) is 0 Å². The molecule has 152 valence electrons. The Morgan fingerprint density at radius 1 is 1.03 bits per heavy atom. The van der Waals surface area contributed by atoms with E-state index in [1.165, 1.54) is 24.5 Å². The van der Waals surface area contributed by atoms with Gasteiger partial charge in [-0.1, -0.05) is 35.6 Å². The fraction of sp³-hybridized carbons (Fsp3) is 0.0952. The number of carbonyl (C=O) groups excluding carboxylic acids is 1. The molecule has 30 heavy (non-hydrogen) atoms. The first kappa shape index (κ1) is 20.0. The molecule has 0 aliphatic carbocycles. The van der Waals surface area contributed by atoms with Crippen LogP contribution in [-0.2, 0) is 14.8 Å². The molecule has 4 rings (SSSR count). The monoisotopic (exact) mass is 438 g/mol. The molecule has 0 fully saturated rings. The number of aromatic nitrogens is 2. The zero-order valence-corrected chi connectivity index (χ0v) is 17.8. The minimum atomic E-state index is -3.72. The number of pyridine rings is 1. The number of aryl methyl sites for hydroxylation is 1. The molecule has 0 saturated heterocycles. The highest BCUT2D eigenvalue weighted by atomic mass is 32.2. The third-order valence-electron chi connectivity index (χ3n) is 4.38. The predicted octanol–water partition coefficient (Wildman–Crippen LogP) is 4.43. The van der Waals surface area contributed by atoms with Crippen molar-refractivity contribution >= 4 is 48.3 Å². The van der Waals surface area contributed by atoms with Gasteiger partial charge in [-0.2, -0.15) is 0 Å². The van der Waals surface area contributed by atoms with Crippen LogP contribution in [0.15, 0.2) is 65.8 Å². The van der Waals surface area contributed by atoms with Crippen LogP contribution in [0, 0.1) is 6.92 Å². The van der Waals surface area contributed by atoms with Gasteiger partial charge in [0.1, 0.15) is 0 Å². The van der Waals surface area contributed by atoms with Crippen LogP contribution in [0.4, 0.5) is 10.8 Å². The van der Waals surface area contributed by atoms with Gasteiger partial charge in [-0.25, -0.2) is 13.4 Å². The molecule has 0 saturated carbocycles. The molecule has 0 spiro atoms. The van der Waals surface area contributed by atoms with Gasteiger partial charge in [0.05, 0.1) is 27.0 Å². The maximum Gasteiger partial charge on any atom is 0.262 e. The van der Waals surface area contributed by atoms with E-state index in [0.29, 0.717) is 16.4 Å². The highest BCUT2D eigenvalue weighted by Crippen LogP contribution is 2.31. The van der Waals surface area contributed by atoms with E-state index in [1.54, 1.807) is 43.5 Å². The minimum absolute atomic E-state index is 0.174. The molecule has 0 atom stereocenters. The zero-order chi connectivity index (χ0) is 21.3. The number of amides is 1. The summed E-state index contributed by atoms with van der Waals surface area (Å²) in [5, 5.41) is 3.22. The van der Waals surface area contributed by atoms with E-state index >= 15 is 0 Å². The van der Waals surface area contributed by atoms with Crippen LogP contribution in [-0.4, -0.2) is 24.3 Å². The van der Waals surface area contributed by atoms with Crippen molar-refractivity contribution in [2.75, 3.05) is 10.0 Å². The lowest BCUT2D eigenvalue weighted by Crippen LogP contribution is -2.14. The van der Waals surface area contributed by atoms with Crippen LogP contribution in [0.25, 0.3) is 21.3 Å². The van der Waals surface area contributed by atoms with Crippen molar-refractivity contribution < 1.29 is 13.2 Å². The Morgan fingerprint density at radius 2 is 1.83 bits per heavy atom. The highest BCUT2D eigenvalue weighted by Gasteiger charge is 2.17. The van der Waals surface area contributed by atoms with Crippen molar-refractivity contribution in [2.24, 2.45) is 0 Å². The average Bonchev–Trinajstić information content (AvgIpc) is 3.08. The highest BCUT2D eigenvalue weighted by molar-refractivity contribution is 7.92. The number of carbonyl (C=O) groups is 1. The fourth-order valence-corrected chi connectivity index (χ4v) is 5.26. The average molecular weight is 439 g/mol. The molecule has 0 aliphatic rings. The normalized spacial score (nSPS) is 11.4. The first-order valence-corrected chi connectivity index (χ1v) is 11.3. The van der Waals surface area contributed by atoms with E-state index in [4.69, 9.17) is 0 Å². The Balaban J connectivity index is 1.65. The number of nitrogens with one attached hydrogen (secondary N) is 2. The standard InChI is InChI=1S/C21H18N4O3S2/c1-13-5-3-4-6-20(13)30(27,28)25-17-9-16(11-22-12-17)15-7-8-18-19(10-15)29-21(24-18)23-14(2)26/h3-12,25H,1-2H3,(H,23,24,26). The largest absolute Gasteiger partial charge is 0.302 e. The molecule has 9 heteroatoms. The fourth-order valence-electron chi connectivity index (χ4n) is 3.03. The Hall–Kier alpha value is -3.30. The summed E-state index contributed by atoms with van der Waals surface area (Å²) < 4.78 is 29.0. The number of fused-ring (bicyclic) bond motifs is 1. The number of thiazole rings is 1. The summed E-state index contributed by atoms with van der Waals surface area (Å²) in [7, 11) is -3.72. The molecular formula is C21H18N4O3S2. The summed E-state index contributed by atoms with van der Waals surface area (Å²) in [6.45, 7) is 3.19. The van der Waals surface area contributed by atoms with Gasteiger partial charge in [0.2, 0.25) is 5.91 Å². The molecule has 2 N–H and O–H groups in total. The van der Waals surface area contributed by atoms with Gasteiger partial charge in [-0.3, -0.25) is 14.5 Å². The van der Waals surface area contributed by atoms with Crippen molar-refractivity contribution in [1.82, 2.24) is 9.97 Å². The molecule has 4 aromatic rings. The molecule has 2 heterocycles. The molecular weight excluding hydrogens is 420 g/mol. The summed E-state index contributed by atoms with van der Waals surface area (Å²) in [5.41, 5.74) is 3.44. The summed E-state index contributed by atoms with van der Waals surface area (Å²) in [6.07, 6.45) is 3.14.